The fraction of sp³-hybridized carbons (Fsp3) is 0.250. The van der Waals surface area contributed by atoms with Gasteiger partial charge in [-0.3, -0.25) is 14.3 Å². The summed E-state index contributed by atoms with van der Waals surface area (Å²) < 4.78 is 39.2. The molecule has 6 rings (SSSR count). The van der Waals surface area contributed by atoms with Gasteiger partial charge in [0.25, 0.3) is 21.5 Å². The zero-order valence-corrected chi connectivity index (χ0v) is 21.2. The maximum absolute atomic E-state index is 13.7. The van der Waals surface area contributed by atoms with Crippen LogP contribution in [0, 0.1) is 5.92 Å². The molecule has 36 heavy (non-hydrogen) atoms. The Bertz CT molecular complexity index is 1680. The zero-order chi connectivity index (χ0) is 25.0. The molecule has 2 aromatic heterocycles. The van der Waals surface area contributed by atoms with Crippen molar-refractivity contribution in [2.24, 2.45) is 5.92 Å². The Morgan fingerprint density at radius 3 is 2.75 bits per heavy atom. The van der Waals surface area contributed by atoms with E-state index in [0.29, 0.717) is 30.2 Å². The van der Waals surface area contributed by atoms with Crippen LogP contribution in [0.5, 0.6) is 0 Å². The minimum atomic E-state index is -4.09. The van der Waals surface area contributed by atoms with Gasteiger partial charge in [-0.1, -0.05) is 23.7 Å². The highest BCUT2D eigenvalue weighted by Crippen LogP contribution is 2.36. The van der Waals surface area contributed by atoms with E-state index in [4.69, 9.17) is 11.6 Å². The van der Waals surface area contributed by atoms with Crippen molar-refractivity contribution < 1.29 is 13.2 Å². The van der Waals surface area contributed by atoms with E-state index in [2.05, 4.69) is 13.5 Å². The number of aromatic nitrogens is 3. The van der Waals surface area contributed by atoms with Crippen molar-refractivity contribution in [1.82, 2.24) is 18.2 Å². The van der Waals surface area contributed by atoms with Crippen LogP contribution in [0.25, 0.3) is 11.0 Å². The van der Waals surface area contributed by atoms with Crippen LogP contribution in [0.1, 0.15) is 28.4 Å². The number of carbonyl (C=O) groups excluding carboxylic acids is 1. The summed E-state index contributed by atoms with van der Waals surface area (Å²) in [6.45, 7) is 1.48. The summed E-state index contributed by atoms with van der Waals surface area (Å²) in [4.78, 5) is 27.7. The minimum Gasteiger partial charge on any atom is -0.338 e. The van der Waals surface area contributed by atoms with Crippen molar-refractivity contribution in [3.8, 4) is 0 Å². The molecule has 4 heterocycles. The maximum Gasteiger partial charge on any atom is 0.264 e. The van der Waals surface area contributed by atoms with Crippen molar-refractivity contribution in [2.45, 2.75) is 23.8 Å². The molecule has 2 aliphatic rings. The largest absolute Gasteiger partial charge is 0.338 e. The molecule has 2 aliphatic heterocycles. The van der Waals surface area contributed by atoms with Crippen LogP contribution in [-0.2, 0) is 16.6 Å². The quantitative estimate of drug-likeness (QED) is 0.422. The summed E-state index contributed by atoms with van der Waals surface area (Å²) in [5.74, 6) is -0.112. The van der Waals surface area contributed by atoms with E-state index in [9.17, 15) is 18.0 Å². The fourth-order valence-electron chi connectivity index (χ4n) is 5.22. The number of fused-ring (bicyclic) bond motifs is 5. The molecule has 0 radical (unpaired) electrons. The molecule has 0 spiro atoms. The standard InChI is InChI=1S/C24H20ClN5O4S2/c25-16-7-8-17(19(10-16)28-36(33,34)21-5-1-3-18-23(21)27-35-26-18)24(32)29-11-14-9-15(13-29)20-4-2-6-22(31)30(20)12-14/h1-8,10,14-15,28H,9,11-13H2. The van der Waals surface area contributed by atoms with Crippen LogP contribution in [0.2, 0.25) is 5.02 Å². The number of hydrogen-bond donors (Lipinski definition) is 1. The second-order valence-corrected chi connectivity index (χ2v) is 11.7. The SMILES string of the molecule is O=C(c1ccc(Cl)cc1NS(=O)(=O)c1cccc2nsnc12)N1CC2CC(C1)c1cccc(=O)n1C2. The van der Waals surface area contributed by atoms with Crippen LogP contribution in [0.4, 0.5) is 5.69 Å². The number of pyridine rings is 1. The third-order valence-corrected chi connectivity index (χ3v) is 8.94. The Hall–Kier alpha value is -3.28. The van der Waals surface area contributed by atoms with Crippen LogP contribution >= 0.6 is 23.3 Å². The maximum atomic E-state index is 13.7. The van der Waals surface area contributed by atoms with Crippen LogP contribution in [0.3, 0.4) is 0 Å². The van der Waals surface area contributed by atoms with Crippen molar-refractivity contribution in [1.29, 1.82) is 0 Å². The number of likely N-dealkylation sites (tertiary alicyclic amines) is 1. The lowest BCUT2D eigenvalue weighted by atomic mass is 9.83. The highest BCUT2D eigenvalue weighted by Gasteiger charge is 2.37. The second kappa shape index (κ2) is 8.68. The first-order chi connectivity index (χ1) is 17.3. The summed E-state index contributed by atoms with van der Waals surface area (Å²) in [5.41, 5.74) is 1.95. The Kier molecular flexibility index (Phi) is 5.58. The summed E-state index contributed by atoms with van der Waals surface area (Å²) >= 11 is 7.12. The van der Waals surface area contributed by atoms with E-state index in [0.717, 1.165) is 23.8 Å². The summed E-state index contributed by atoms with van der Waals surface area (Å²) in [6.07, 6.45) is 0.902. The normalized spacial score (nSPS) is 19.2. The Labute approximate surface area is 215 Å². The van der Waals surface area contributed by atoms with Gasteiger partial charge in [0.1, 0.15) is 15.9 Å². The number of benzene rings is 2. The average molecular weight is 542 g/mol. The van der Waals surface area contributed by atoms with Gasteiger partial charge in [-0.05, 0) is 48.7 Å². The molecule has 1 fully saturated rings. The molecule has 1 amide bonds. The number of sulfonamides is 1. The first-order valence-corrected chi connectivity index (χ1v) is 13.9. The molecule has 0 aliphatic carbocycles. The molecule has 12 heteroatoms. The number of piperidine rings is 1. The van der Waals surface area contributed by atoms with E-state index in [-0.39, 0.29) is 45.0 Å². The Morgan fingerprint density at radius 1 is 1.06 bits per heavy atom. The van der Waals surface area contributed by atoms with Crippen molar-refractivity contribution in [3.05, 3.63) is 81.2 Å². The summed E-state index contributed by atoms with van der Waals surface area (Å²) in [6, 6.07) is 14.5. The van der Waals surface area contributed by atoms with Gasteiger partial charge in [0.05, 0.1) is 23.0 Å². The monoisotopic (exact) mass is 541 g/mol. The number of hydrogen-bond acceptors (Lipinski definition) is 7. The molecule has 0 saturated carbocycles. The summed E-state index contributed by atoms with van der Waals surface area (Å²) in [5, 5.41) is 0.293. The molecular weight excluding hydrogens is 522 g/mol. The van der Waals surface area contributed by atoms with Crippen LogP contribution in [0.15, 0.2) is 64.3 Å². The van der Waals surface area contributed by atoms with Crippen molar-refractivity contribution >= 4 is 56.0 Å². The van der Waals surface area contributed by atoms with Gasteiger partial charge in [0.15, 0.2) is 0 Å². The van der Waals surface area contributed by atoms with E-state index >= 15 is 0 Å². The second-order valence-electron chi connectivity index (χ2n) is 9.09. The van der Waals surface area contributed by atoms with Gasteiger partial charge in [-0.15, -0.1) is 0 Å². The average Bonchev–Trinajstić information content (AvgIpc) is 3.33. The third-order valence-electron chi connectivity index (χ3n) is 6.76. The zero-order valence-electron chi connectivity index (χ0n) is 18.8. The predicted molar refractivity (Wildman–Crippen MR) is 137 cm³/mol. The molecule has 184 valence electrons. The highest BCUT2D eigenvalue weighted by molar-refractivity contribution is 7.93. The van der Waals surface area contributed by atoms with Crippen molar-refractivity contribution in [3.63, 3.8) is 0 Å². The molecule has 1 saturated heterocycles. The number of carbonyl (C=O) groups is 1. The topological polar surface area (TPSA) is 114 Å². The molecular formula is C24H20ClN5O4S2. The fourth-order valence-corrected chi connectivity index (χ4v) is 7.23. The number of rotatable bonds is 4. The number of nitrogens with one attached hydrogen (secondary N) is 1. The number of amides is 1. The van der Waals surface area contributed by atoms with Gasteiger partial charge in [0.2, 0.25) is 0 Å². The number of anilines is 1. The van der Waals surface area contributed by atoms with Gasteiger partial charge in [0, 0.05) is 42.3 Å². The van der Waals surface area contributed by atoms with Gasteiger partial charge < -0.3 is 9.47 Å². The molecule has 4 aromatic rings. The molecule has 2 bridgehead atoms. The minimum absolute atomic E-state index is 0.0262. The van der Waals surface area contributed by atoms with Crippen LogP contribution < -0.4 is 10.3 Å². The first kappa shape index (κ1) is 23.1. The molecule has 2 unspecified atom stereocenters. The third kappa shape index (κ3) is 3.97. The van der Waals surface area contributed by atoms with Gasteiger partial charge in [-0.2, -0.15) is 8.75 Å². The lowest BCUT2D eigenvalue weighted by Crippen LogP contribution is -2.49. The molecule has 1 N–H and O–H groups in total. The van der Waals surface area contributed by atoms with Gasteiger partial charge >= 0.3 is 0 Å². The van der Waals surface area contributed by atoms with E-state index in [1.165, 1.54) is 18.2 Å². The Balaban J connectivity index is 1.33. The summed E-state index contributed by atoms with van der Waals surface area (Å²) in [7, 11) is -4.09. The van der Waals surface area contributed by atoms with E-state index in [1.54, 1.807) is 39.8 Å². The molecule has 2 atom stereocenters. The molecule has 2 aromatic carbocycles. The lowest BCUT2D eigenvalue weighted by molar-refractivity contribution is 0.0595. The highest BCUT2D eigenvalue weighted by atomic mass is 35.5. The lowest BCUT2D eigenvalue weighted by Gasteiger charge is -2.42. The van der Waals surface area contributed by atoms with Crippen LogP contribution in [-0.4, -0.2) is 45.6 Å². The van der Waals surface area contributed by atoms with E-state index < -0.39 is 10.0 Å². The number of halogens is 1. The van der Waals surface area contributed by atoms with Gasteiger partial charge in [-0.25, -0.2) is 8.42 Å². The van der Waals surface area contributed by atoms with Crippen molar-refractivity contribution in [2.75, 3.05) is 17.8 Å². The smallest absolute Gasteiger partial charge is 0.264 e. The molecule has 9 nitrogen and oxygen atoms in total. The van der Waals surface area contributed by atoms with E-state index in [1.807, 2.05) is 6.07 Å². The number of nitrogens with zero attached hydrogens (tertiary/aromatic N) is 4. The Morgan fingerprint density at radius 2 is 1.89 bits per heavy atom. The first-order valence-electron chi connectivity index (χ1n) is 11.3. The predicted octanol–water partition coefficient (Wildman–Crippen LogP) is 3.57.